The van der Waals surface area contributed by atoms with Gasteiger partial charge in [0.15, 0.2) is 0 Å². The molecule has 1 aliphatic carbocycles. The monoisotopic (exact) mass is 212 g/mol. The molecule has 0 amide bonds. The molecule has 0 aliphatic heterocycles. The van der Waals surface area contributed by atoms with Crippen LogP contribution in [-0.2, 0) is 0 Å². The van der Waals surface area contributed by atoms with Crippen molar-refractivity contribution in [1.82, 2.24) is 10.2 Å². The average Bonchev–Trinajstić information content (AvgIpc) is 2.99. The molecule has 90 valence electrons. The van der Waals surface area contributed by atoms with Crippen molar-refractivity contribution in [2.75, 3.05) is 32.7 Å². The van der Waals surface area contributed by atoms with E-state index in [0.29, 0.717) is 0 Å². The highest BCUT2D eigenvalue weighted by Crippen LogP contribution is 2.29. The first kappa shape index (κ1) is 13.0. The summed E-state index contributed by atoms with van der Waals surface area (Å²) >= 11 is 0. The maximum atomic E-state index is 3.51. The molecule has 1 saturated carbocycles. The van der Waals surface area contributed by atoms with E-state index in [9.17, 15) is 0 Å². The Balaban J connectivity index is 1.91. The van der Waals surface area contributed by atoms with Gasteiger partial charge in [0.05, 0.1) is 0 Å². The molecule has 0 spiro atoms. The van der Waals surface area contributed by atoms with Crippen molar-refractivity contribution in [3.63, 3.8) is 0 Å². The Morgan fingerprint density at radius 3 is 2.60 bits per heavy atom. The second-order valence-electron chi connectivity index (χ2n) is 5.29. The second-order valence-corrected chi connectivity index (χ2v) is 5.29. The molecule has 1 N–H and O–H groups in total. The summed E-state index contributed by atoms with van der Waals surface area (Å²) in [6.45, 7) is 13.0. The standard InChI is InChI=1S/C13H28N2/c1-4-15(11-13-6-7-13)9-5-8-14-10-12(2)3/h12-14H,4-11H2,1-3H3. The Bertz CT molecular complexity index is 153. The third kappa shape index (κ3) is 6.91. The van der Waals surface area contributed by atoms with Crippen molar-refractivity contribution in [3.05, 3.63) is 0 Å². The number of hydrogen-bond acceptors (Lipinski definition) is 2. The summed E-state index contributed by atoms with van der Waals surface area (Å²) in [7, 11) is 0. The van der Waals surface area contributed by atoms with Gasteiger partial charge in [0.25, 0.3) is 0 Å². The summed E-state index contributed by atoms with van der Waals surface area (Å²) in [5.74, 6) is 1.81. The predicted molar refractivity (Wildman–Crippen MR) is 67.2 cm³/mol. The van der Waals surface area contributed by atoms with E-state index in [1.165, 1.54) is 45.4 Å². The highest BCUT2D eigenvalue weighted by molar-refractivity contribution is 4.76. The van der Waals surface area contributed by atoms with Gasteiger partial charge in [-0.25, -0.2) is 0 Å². The van der Waals surface area contributed by atoms with Gasteiger partial charge in [0, 0.05) is 6.54 Å². The molecular weight excluding hydrogens is 184 g/mol. The molecule has 15 heavy (non-hydrogen) atoms. The van der Waals surface area contributed by atoms with Crippen LogP contribution < -0.4 is 5.32 Å². The minimum absolute atomic E-state index is 0.777. The normalized spacial score (nSPS) is 16.6. The Morgan fingerprint density at radius 1 is 1.33 bits per heavy atom. The van der Waals surface area contributed by atoms with E-state index in [0.717, 1.165) is 18.4 Å². The molecule has 2 heteroatoms. The van der Waals surface area contributed by atoms with Gasteiger partial charge in [0.1, 0.15) is 0 Å². The molecule has 0 aromatic rings. The van der Waals surface area contributed by atoms with Crippen molar-refractivity contribution in [2.24, 2.45) is 11.8 Å². The topological polar surface area (TPSA) is 15.3 Å². The molecule has 0 atom stereocenters. The summed E-state index contributed by atoms with van der Waals surface area (Å²) in [5.41, 5.74) is 0. The minimum Gasteiger partial charge on any atom is -0.316 e. The van der Waals surface area contributed by atoms with Crippen LogP contribution in [0.15, 0.2) is 0 Å². The maximum Gasteiger partial charge on any atom is 0.000955 e. The molecule has 2 nitrogen and oxygen atoms in total. The smallest absolute Gasteiger partial charge is 0.000955 e. The largest absolute Gasteiger partial charge is 0.316 e. The van der Waals surface area contributed by atoms with E-state index < -0.39 is 0 Å². The fourth-order valence-electron chi connectivity index (χ4n) is 1.86. The highest BCUT2D eigenvalue weighted by Gasteiger charge is 2.23. The first-order valence-electron chi connectivity index (χ1n) is 6.65. The SMILES string of the molecule is CCN(CCCNCC(C)C)CC1CC1. The number of hydrogen-bond donors (Lipinski definition) is 1. The first-order chi connectivity index (χ1) is 7.22. The third-order valence-corrected chi connectivity index (χ3v) is 3.04. The van der Waals surface area contributed by atoms with Gasteiger partial charge in [-0.1, -0.05) is 20.8 Å². The molecule has 0 aromatic heterocycles. The summed E-state index contributed by atoms with van der Waals surface area (Å²) in [4.78, 5) is 2.61. The lowest BCUT2D eigenvalue weighted by Crippen LogP contribution is -2.30. The zero-order valence-electron chi connectivity index (χ0n) is 10.8. The third-order valence-electron chi connectivity index (χ3n) is 3.04. The van der Waals surface area contributed by atoms with Gasteiger partial charge in [-0.3, -0.25) is 0 Å². The number of nitrogens with zero attached hydrogens (tertiary/aromatic N) is 1. The second kappa shape index (κ2) is 7.24. The van der Waals surface area contributed by atoms with E-state index in [4.69, 9.17) is 0 Å². The van der Waals surface area contributed by atoms with Crippen molar-refractivity contribution in [1.29, 1.82) is 0 Å². The zero-order chi connectivity index (χ0) is 11.1. The van der Waals surface area contributed by atoms with Crippen LogP contribution in [0.4, 0.5) is 0 Å². The fraction of sp³-hybridized carbons (Fsp3) is 1.00. The van der Waals surface area contributed by atoms with Crippen LogP contribution in [0.3, 0.4) is 0 Å². The summed E-state index contributed by atoms with van der Waals surface area (Å²) in [6, 6.07) is 0. The summed E-state index contributed by atoms with van der Waals surface area (Å²) in [5, 5.41) is 3.51. The van der Waals surface area contributed by atoms with Gasteiger partial charge in [-0.2, -0.15) is 0 Å². The summed E-state index contributed by atoms with van der Waals surface area (Å²) < 4.78 is 0. The van der Waals surface area contributed by atoms with E-state index >= 15 is 0 Å². The van der Waals surface area contributed by atoms with Crippen LogP contribution >= 0.6 is 0 Å². The van der Waals surface area contributed by atoms with Crippen LogP contribution in [0, 0.1) is 11.8 Å². The lowest BCUT2D eigenvalue weighted by Gasteiger charge is -2.20. The molecule has 0 radical (unpaired) electrons. The molecule has 0 heterocycles. The molecule has 0 saturated heterocycles. The number of nitrogens with one attached hydrogen (secondary N) is 1. The minimum atomic E-state index is 0.777. The predicted octanol–water partition coefficient (Wildman–Crippen LogP) is 2.35. The van der Waals surface area contributed by atoms with Crippen molar-refractivity contribution in [3.8, 4) is 0 Å². The lowest BCUT2D eigenvalue weighted by atomic mass is 10.2. The maximum absolute atomic E-state index is 3.51. The van der Waals surface area contributed by atoms with Gasteiger partial charge in [0.2, 0.25) is 0 Å². The van der Waals surface area contributed by atoms with Crippen molar-refractivity contribution >= 4 is 0 Å². The van der Waals surface area contributed by atoms with E-state index in [1.54, 1.807) is 0 Å². The van der Waals surface area contributed by atoms with Crippen LogP contribution in [0.5, 0.6) is 0 Å². The average molecular weight is 212 g/mol. The molecular formula is C13H28N2. The Kier molecular flexibility index (Phi) is 6.26. The molecule has 0 bridgehead atoms. The molecule has 1 rings (SSSR count). The van der Waals surface area contributed by atoms with E-state index in [1.807, 2.05) is 0 Å². The Hall–Kier alpha value is -0.0800. The van der Waals surface area contributed by atoms with Gasteiger partial charge >= 0.3 is 0 Å². The molecule has 1 aliphatic rings. The van der Waals surface area contributed by atoms with Crippen LogP contribution in [0.25, 0.3) is 0 Å². The molecule has 1 fully saturated rings. The Labute approximate surface area is 95.4 Å². The van der Waals surface area contributed by atoms with E-state index in [-0.39, 0.29) is 0 Å². The van der Waals surface area contributed by atoms with E-state index in [2.05, 4.69) is 31.0 Å². The van der Waals surface area contributed by atoms with Crippen LogP contribution in [0.2, 0.25) is 0 Å². The van der Waals surface area contributed by atoms with Gasteiger partial charge in [-0.15, -0.1) is 0 Å². The van der Waals surface area contributed by atoms with Crippen molar-refractivity contribution < 1.29 is 0 Å². The van der Waals surface area contributed by atoms with Gasteiger partial charge in [-0.05, 0) is 57.3 Å². The molecule has 0 aromatic carbocycles. The highest BCUT2D eigenvalue weighted by atomic mass is 15.1. The summed E-state index contributed by atoms with van der Waals surface area (Å²) in [6.07, 6.45) is 4.25. The van der Waals surface area contributed by atoms with Gasteiger partial charge < -0.3 is 10.2 Å². The first-order valence-corrected chi connectivity index (χ1v) is 6.65. The molecule has 0 unspecified atom stereocenters. The van der Waals surface area contributed by atoms with Crippen LogP contribution in [0.1, 0.15) is 40.0 Å². The lowest BCUT2D eigenvalue weighted by molar-refractivity contribution is 0.271. The fourth-order valence-corrected chi connectivity index (χ4v) is 1.86. The zero-order valence-corrected chi connectivity index (χ0v) is 10.8. The Morgan fingerprint density at radius 2 is 2.07 bits per heavy atom. The van der Waals surface area contributed by atoms with Crippen LogP contribution in [-0.4, -0.2) is 37.6 Å². The number of rotatable bonds is 9. The van der Waals surface area contributed by atoms with Crippen molar-refractivity contribution in [2.45, 2.75) is 40.0 Å². The quantitative estimate of drug-likeness (QED) is 0.590.